The van der Waals surface area contributed by atoms with Gasteiger partial charge >= 0.3 is 0 Å². The number of benzene rings is 1. The van der Waals surface area contributed by atoms with Crippen LogP contribution < -0.4 is 10.6 Å². The van der Waals surface area contributed by atoms with E-state index in [1.165, 1.54) is 0 Å². The molecular formula is C14H20ClN5O. The van der Waals surface area contributed by atoms with Crippen LogP contribution in [-0.2, 0) is 10.3 Å². The maximum Gasteiger partial charge on any atom is 0.234 e. The van der Waals surface area contributed by atoms with Gasteiger partial charge in [0.2, 0.25) is 5.91 Å². The van der Waals surface area contributed by atoms with E-state index >= 15 is 0 Å². The number of likely N-dealkylation sites (N-methyl/N-ethyl adjacent to an activating group) is 1. The molecule has 114 valence electrons. The lowest BCUT2D eigenvalue weighted by atomic mass is 10.0. The molecule has 1 amide bonds. The van der Waals surface area contributed by atoms with E-state index in [4.69, 9.17) is 0 Å². The van der Waals surface area contributed by atoms with Gasteiger partial charge in [-0.05, 0) is 33.0 Å². The molecule has 2 N–H and O–H groups in total. The molecule has 0 aliphatic rings. The predicted octanol–water partition coefficient (Wildman–Crippen LogP) is 1.26. The number of para-hydroxylation sites is 1. The zero-order chi connectivity index (χ0) is 14.6. The highest BCUT2D eigenvalue weighted by molar-refractivity contribution is 5.85. The molecule has 0 unspecified atom stereocenters. The third-order valence-electron chi connectivity index (χ3n) is 2.94. The molecule has 0 atom stereocenters. The topological polar surface area (TPSA) is 71.8 Å². The summed E-state index contributed by atoms with van der Waals surface area (Å²) in [4.78, 5) is 11.7. The lowest BCUT2D eigenvalue weighted by molar-refractivity contribution is -0.121. The number of carbonyl (C=O) groups excluding carboxylic acids is 1. The van der Waals surface area contributed by atoms with Crippen molar-refractivity contribution in [3.05, 3.63) is 42.2 Å². The maximum absolute atomic E-state index is 11.7. The number of halogens is 1. The van der Waals surface area contributed by atoms with Crippen molar-refractivity contribution >= 4 is 18.3 Å². The molecule has 0 radical (unpaired) electrons. The Morgan fingerprint density at radius 1 is 1.29 bits per heavy atom. The van der Waals surface area contributed by atoms with Crippen LogP contribution in [-0.4, -0.2) is 34.5 Å². The Bertz CT molecular complexity index is 582. The summed E-state index contributed by atoms with van der Waals surface area (Å²) in [6.45, 7) is 4.08. The van der Waals surface area contributed by atoms with Crippen LogP contribution in [0.3, 0.4) is 0 Å². The smallest absolute Gasteiger partial charge is 0.234 e. The van der Waals surface area contributed by atoms with Crippen molar-refractivity contribution < 1.29 is 4.79 Å². The van der Waals surface area contributed by atoms with Crippen molar-refractivity contribution in [2.75, 3.05) is 13.6 Å². The molecule has 0 bridgehead atoms. The van der Waals surface area contributed by atoms with Crippen LogP contribution in [0.25, 0.3) is 5.69 Å². The fourth-order valence-corrected chi connectivity index (χ4v) is 1.87. The number of hydrogen-bond donors (Lipinski definition) is 2. The van der Waals surface area contributed by atoms with E-state index in [0.29, 0.717) is 5.69 Å². The Morgan fingerprint density at radius 2 is 1.95 bits per heavy atom. The second-order valence-corrected chi connectivity index (χ2v) is 5.09. The molecule has 2 rings (SSSR count). The molecule has 21 heavy (non-hydrogen) atoms. The minimum absolute atomic E-state index is 0. The van der Waals surface area contributed by atoms with E-state index in [9.17, 15) is 4.79 Å². The summed E-state index contributed by atoms with van der Waals surface area (Å²) in [5.74, 6) is -0.0771. The maximum atomic E-state index is 11.7. The van der Waals surface area contributed by atoms with Gasteiger partial charge in [0.25, 0.3) is 0 Å². The lowest BCUT2D eigenvalue weighted by Crippen LogP contribution is -2.44. The Kier molecular flexibility index (Phi) is 5.87. The van der Waals surface area contributed by atoms with Crippen LogP contribution in [0.5, 0.6) is 0 Å². The van der Waals surface area contributed by atoms with Gasteiger partial charge in [-0.2, -0.15) is 0 Å². The number of carbonyl (C=O) groups is 1. The minimum atomic E-state index is -0.568. The average Bonchev–Trinajstić information content (AvgIpc) is 2.90. The molecule has 0 fully saturated rings. The molecule has 0 saturated carbocycles. The number of nitrogens with zero attached hydrogens (tertiary/aromatic N) is 3. The van der Waals surface area contributed by atoms with Crippen molar-refractivity contribution in [3.63, 3.8) is 0 Å². The van der Waals surface area contributed by atoms with Crippen LogP contribution in [0.4, 0.5) is 0 Å². The van der Waals surface area contributed by atoms with Gasteiger partial charge in [-0.1, -0.05) is 23.4 Å². The Morgan fingerprint density at radius 3 is 2.57 bits per heavy atom. The summed E-state index contributed by atoms with van der Waals surface area (Å²) in [5.41, 5.74) is 1.08. The third-order valence-corrected chi connectivity index (χ3v) is 2.94. The summed E-state index contributed by atoms with van der Waals surface area (Å²) in [6, 6.07) is 9.73. The van der Waals surface area contributed by atoms with Gasteiger partial charge in [0, 0.05) is 0 Å². The third kappa shape index (κ3) is 4.27. The van der Waals surface area contributed by atoms with Crippen molar-refractivity contribution in [2.24, 2.45) is 0 Å². The number of rotatable bonds is 5. The minimum Gasteiger partial charge on any atom is -0.344 e. The van der Waals surface area contributed by atoms with E-state index in [-0.39, 0.29) is 24.9 Å². The van der Waals surface area contributed by atoms with Crippen molar-refractivity contribution in [1.82, 2.24) is 25.6 Å². The van der Waals surface area contributed by atoms with Crippen LogP contribution >= 0.6 is 12.4 Å². The van der Waals surface area contributed by atoms with Crippen LogP contribution in [0.15, 0.2) is 36.5 Å². The predicted molar refractivity (Wildman–Crippen MR) is 83.7 cm³/mol. The first-order chi connectivity index (χ1) is 9.53. The van der Waals surface area contributed by atoms with Gasteiger partial charge in [-0.3, -0.25) is 4.79 Å². The van der Waals surface area contributed by atoms with Crippen molar-refractivity contribution in [2.45, 2.75) is 19.4 Å². The van der Waals surface area contributed by atoms with Crippen LogP contribution in [0.2, 0.25) is 0 Å². The summed E-state index contributed by atoms with van der Waals surface area (Å²) in [6.07, 6.45) is 1.83. The molecule has 2 aromatic rings. The molecule has 0 aliphatic carbocycles. The van der Waals surface area contributed by atoms with E-state index in [1.807, 2.05) is 50.4 Å². The largest absolute Gasteiger partial charge is 0.344 e. The van der Waals surface area contributed by atoms with Gasteiger partial charge in [-0.25, -0.2) is 4.68 Å². The molecule has 1 aromatic carbocycles. The molecule has 0 saturated heterocycles. The number of nitrogens with one attached hydrogen (secondary N) is 2. The van der Waals surface area contributed by atoms with Crippen molar-refractivity contribution in [3.8, 4) is 5.69 Å². The highest BCUT2D eigenvalue weighted by Gasteiger charge is 2.26. The van der Waals surface area contributed by atoms with Crippen LogP contribution in [0, 0.1) is 0 Å². The highest BCUT2D eigenvalue weighted by Crippen LogP contribution is 2.18. The Hall–Kier alpha value is -1.92. The Balaban J connectivity index is 0.00000220. The van der Waals surface area contributed by atoms with Gasteiger partial charge in [0.15, 0.2) is 0 Å². The lowest BCUT2D eigenvalue weighted by Gasteiger charge is -2.23. The second kappa shape index (κ2) is 7.19. The number of aromatic nitrogens is 3. The fourth-order valence-electron chi connectivity index (χ4n) is 1.87. The quantitative estimate of drug-likeness (QED) is 0.872. The zero-order valence-electron chi connectivity index (χ0n) is 12.3. The van der Waals surface area contributed by atoms with E-state index in [0.717, 1.165) is 5.69 Å². The van der Waals surface area contributed by atoms with Crippen molar-refractivity contribution in [1.29, 1.82) is 0 Å². The van der Waals surface area contributed by atoms with Gasteiger partial charge in [0.05, 0.1) is 24.0 Å². The first kappa shape index (κ1) is 17.1. The normalized spacial score (nSPS) is 10.8. The standard InChI is InChI=1S/C14H19N5O.ClH/c1-14(2,16-13(20)9-15-3)12-10-19(18-17-12)11-7-5-4-6-8-11;/h4-8,10,15H,9H2,1-3H3,(H,16,20);1H. The summed E-state index contributed by atoms with van der Waals surface area (Å²) < 4.78 is 1.70. The first-order valence-corrected chi connectivity index (χ1v) is 6.47. The van der Waals surface area contributed by atoms with E-state index in [2.05, 4.69) is 20.9 Å². The highest BCUT2D eigenvalue weighted by atomic mass is 35.5. The van der Waals surface area contributed by atoms with Gasteiger partial charge in [0.1, 0.15) is 5.69 Å². The summed E-state index contributed by atoms with van der Waals surface area (Å²) in [7, 11) is 1.73. The second-order valence-electron chi connectivity index (χ2n) is 5.09. The van der Waals surface area contributed by atoms with Crippen LogP contribution in [0.1, 0.15) is 19.5 Å². The van der Waals surface area contributed by atoms with E-state index < -0.39 is 5.54 Å². The van der Waals surface area contributed by atoms with Gasteiger partial charge in [-0.15, -0.1) is 17.5 Å². The zero-order valence-corrected chi connectivity index (χ0v) is 13.1. The fraction of sp³-hybridized carbons (Fsp3) is 0.357. The average molecular weight is 310 g/mol. The SMILES string of the molecule is CNCC(=O)NC(C)(C)c1cn(-c2ccccc2)nn1.Cl. The van der Waals surface area contributed by atoms with E-state index in [1.54, 1.807) is 11.7 Å². The molecule has 6 nitrogen and oxygen atoms in total. The first-order valence-electron chi connectivity index (χ1n) is 6.47. The monoisotopic (exact) mass is 309 g/mol. The molecule has 1 heterocycles. The van der Waals surface area contributed by atoms with Gasteiger partial charge < -0.3 is 10.6 Å². The molecule has 1 aromatic heterocycles. The number of hydrogen-bond acceptors (Lipinski definition) is 4. The summed E-state index contributed by atoms with van der Waals surface area (Å²) >= 11 is 0. The molecular weight excluding hydrogens is 290 g/mol. The summed E-state index contributed by atoms with van der Waals surface area (Å²) in [5, 5.41) is 14.0. The molecule has 7 heteroatoms. The molecule has 0 aliphatic heterocycles. The Labute approximate surface area is 130 Å². The molecule has 0 spiro atoms. The number of amides is 1.